The number of pyridine rings is 1. The predicted molar refractivity (Wildman–Crippen MR) is 111 cm³/mol. The largest absolute Gasteiger partial charge is 0.489 e. The van der Waals surface area contributed by atoms with E-state index in [1.165, 1.54) is 18.0 Å². The number of carbonyl (C=O) groups excluding carboxylic acids is 1. The van der Waals surface area contributed by atoms with Crippen LogP contribution in [0, 0.1) is 5.82 Å². The summed E-state index contributed by atoms with van der Waals surface area (Å²) >= 11 is 0. The maximum Gasteiger partial charge on any atom is 0.282 e. The number of amides is 1. The molecule has 31 heavy (non-hydrogen) atoms. The van der Waals surface area contributed by atoms with Gasteiger partial charge in [0.05, 0.1) is 31.4 Å². The molecule has 3 heterocycles. The summed E-state index contributed by atoms with van der Waals surface area (Å²) in [5.41, 5.74) is 1.32. The Morgan fingerprint density at radius 3 is 2.58 bits per heavy atom. The number of aromatic nitrogens is 1. The third-order valence-corrected chi connectivity index (χ3v) is 5.58. The van der Waals surface area contributed by atoms with E-state index >= 15 is 0 Å². The average Bonchev–Trinajstić information content (AvgIpc) is 3.14. The summed E-state index contributed by atoms with van der Waals surface area (Å²) in [5.74, 6) is -2.78. The third-order valence-electron chi connectivity index (χ3n) is 5.58. The third kappa shape index (κ3) is 4.70. The van der Waals surface area contributed by atoms with Crippen LogP contribution in [-0.2, 0) is 4.79 Å². The zero-order valence-electron chi connectivity index (χ0n) is 17.4. The van der Waals surface area contributed by atoms with Gasteiger partial charge in [-0.05, 0) is 30.7 Å². The zero-order chi connectivity index (χ0) is 22.2. The standard InChI is InChI=1S/C22H25F3N4O2/c1-14(27-15(2)30)16-3-5-17(6-4-16)31-18-8-10-28(11-18)19-7-9-26-21(20(19)23)29-12-22(24,25)13-29/h3-7,9,14,18H,8,10-13H2,1-2H3,(H,27,30)/t14-,18+/m0/s1. The second-order valence-electron chi connectivity index (χ2n) is 8.15. The van der Waals surface area contributed by atoms with E-state index in [0.717, 1.165) is 5.56 Å². The molecule has 0 unspecified atom stereocenters. The fraction of sp³-hybridized carbons (Fsp3) is 0.455. The number of alkyl halides is 2. The first kappa shape index (κ1) is 21.3. The molecule has 0 bridgehead atoms. The van der Waals surface area contributed by atoms with Crippen molar-refractivity contribution in [2.24, 2.45) is 0 Å². The van der Waals surface area contributed by atoms with Crippen LogP contribution in [0.3, 0.4) is 0 Å². The van der Waals surface area contributed by atoms with Crippen LogP contribution in [0.2, 0.25) is 0 Å². The predicted octanol–water partition coefficient (Wildman–Crippen LogP) is 3.53. The molecule has 2 fully saturated rings. The number of hydrogen-bond acceptors (Lipinski definition) is 5. The normalized spacial score (nSPS) is 20.9. The molecule has 1 amide bonds. The molecule has 0 saturated carbocycles. The van der Waals surface area contributed by atoms with E-state index in [2.05, 4.69) is 10.3 Å². The molecule has 2 atom stereocenters. The lowest BCUT2D eigenvalue weighted by Crippen LogP contribution is -2.57. The number of nitrogens with one attached hydrogen (secondary N) is 1. The molecule has 1 N–H and O–H groups in total. The summed E-state index contributed by atoms with van der Waals surface area (Å²) in [5, 5.41) is 2.83. The highest BCUT2D eigenvalue weighted by atomic mass is 19.3. The molecule has 2 saturated heterocycles. The molecule has 6 nitrogen and oxygen atoms in total. The summed E-state index contributed by atoms with van der Waals surface area (Å²) in [6, 6.07) is 8.98. The number of carbonyl (C=O) groups is 1. The Morgan fingerprint density at radius 2 is 1.94 bits per heavy atom. The fourth-order valence-electron chi connectivity index (χ4n) is 4.01. The van der Waals surface area contributed by atoms with Crippen molar-refractivity contribution >= 4 is 17.4 Å². The Balaban J connectivity index is 1.37. The molecule has 2 aliphatic rings. The lowest BCUT2D eigenvalue weighted by molar-refractivity contribution is -0.119. The monoisotopic (exact) mass is 434 g/mol. The van der Waals surface area contributed by atoms with Crippen LogP contribution in [0.5, 0.6) is 5.75 Å². The van der Waals surface area contributed by atoms with Crippen LogP contribution >= 0.6 is 0 Å². The SMILES string of the molecule is CC(=O)N[C@@H](C)c1ccc(O[C@@H]2CCN(c3ccnc(N4CC(F)(F)C4)c3F)C2)cc1. The molecule has 0 aliphatic carbocycles. The van der Waals surface area contributed by atoms with Crippen LogP contribution in [0.25, 0.3) is 0 Å². The highest BCUT2D eigenvalue weighted by Crippen LogP contribution is 2.35. The van der Waals surface area contributed by atoms with E-state index in [-0.39, 0.29) is 23.9 Å². The Hall–Kier alpha value is -2.97. The van der Waals surface area contributed by atoms with Crippen molar-refractivity contribution < 1.29 is 22.7 Å². The minimum atomic E-state index is -2.79. The Kier molecular flexibility index (Phi) is 5.68. The van der Waals surface area contributed by atoms with Crippen molar-refractivity contribution in [2.45, 2.75) is 38.3 Å². The summed E-state index contributed by atoms with van der Waals surface area (Å²) in [4.78, 5) is 18.3. The second kappa shape index (κ2) is 8.28. The molecule has 2 aliphatic heterocycles. The van der Waals surface area contributed by atoms with E-state index in [0.29, 0.717) is 30.9 Å². The molecule has 9 heteroatoms. The number of benzene rings is 1. The number of hydrogen-bond donors (Lipinski definition) is 1. The number of anilines is 2. The summed E-state index contributed by atoms with van der Waals surface area (Å²) in [7, 11) is 0. The average molecular weight is 434 g/mol. The first-order valence-corrected chi connectivity index (χ1v) is 10.3. The van der Waals surface area contributed by atoms with Crippen molar-refractivity contribution in [3.8, 4) is 5.75 Å². The Morgan fingerprint density at radius 1 is 1.23 bits per heavy atom. The molecule has 4 rings (SSSR count). The summed E-state index contributed by atoms with van der Waals surface area (Å²) in [6.45, 7) is 3.45. The smallest absolute Gasteiger partial charge is 0.282 e. The van der Waals surface area contributed by atoms with E-state index in [1.807, 2.05) is 36.1 Å². The lowest BCUT2D eigenvalue weighted by Gasteiger charge is -2.39. The summed E-state index contributed by atoms with van der Waals surface area (Å²) in [6.07, 6.45) is 2.04. The molecule has 2 aromatic rings. The van der Waals surface area contributed by atoms with E-state index in [9.17, 15) is 18.0 Å². The maximum atomic E-state index is 15.0. The number of halogens is 3. The maximum absolute atomic E-state index is 15.0. The van der Waals surface area contributed by atoms with Gasteiger partial charge in [-0.15, -0.1) is 0 Å². The van der Waals surface area contributed by atoms with Crippen molar-refractivity contribution in [3.05, 3.63) is 47.9 Å². The van der Waals surface area contributed by atoms with Gasteiger partial charge < -0.3 is 19.9 Å². The van der Waals surface area contributed by atoms with Crippen molar-refractivity contribution in [1.29, 1.82) is 0 Å². The van der Waals surface area contributed by atoms with Gasteiger partial charge in [0.15, 0.2) is 11.6 Å². The molecular formula is C22H25F3N4O2. The Bertz CT molecular complexity index is 946. The highest BCUT2D eigenvalue weighted by Gasteiger charge is 2.45. The van der Waals surface area contributed by atoms with Gasteiger partial charge in [-0.25, -0.2) is 18.2 Å². The molecule has 166 valence electrons. The Labute approximate surface area is 179 Å². The number of ether oxygens (including phenoxy) is 1. The molecule has 0 radical (unpaired) electrons. The summed E-state index contributed by atoms with van der Waals surface area (Å²) < 4.78 is 47.3. The molecular weight excluding hydrogens is 409 g/mol. The van der Waals surface area contributed by atoms with E-state index in [1.54, 1.807) is 6.07 Å². The molecule has 1 aromatic carbocycles. The lowest BCUT2D eigenvalue weighted by atomic mass is 10.1. The molecule has 0 spiro atoms. The van der Waals surface area contributed by atoms with E-state index in [4.69, 9.17) is 4.74 Å². The van der Waals surface area contributed by atoms with Gasteiger partial charge in [-0.2, -0.15) is 0 Å². The van der Waals surface area contributed by atoms with Crippen molar-refractivity contribution in [1.82, 2.24) is 10.3 Å². The van der Waals surface area contributed by atoms with Crippen LogP contribution in [0.4, 0.5) is 24.7 Å². The zero-order valence-corrected chi connectivity index (χ0v) is 17.4. The minimum Gasteiger partial charge on any atom is -0.489 e. The number of nitrogens with zero attached hydrogens (tertiary/aromatic N) is 3. The van der Waals surface area contributed by atoms with Gasteiger partial charge >= 0.3 is 0 Å². The topological polar surface area (TPSA) is 57.7 Å². The van der Waals surface area contributed by atoms with Gasteiger partial charge in [0.25, 0.3) is 5.92 Å². The van der Waals surface area contributed by atoms with Gasteiger partial charge in [-0.3, -0.25) is 4.79 Å². The van der Waals surface area contributed by atoms with Gasteiger partial charge in [0, 0.05) is 26.1 Å². The first-order valence-electron chi connectivity index (χ1n) is 10.3. The highest BCUT2D eigenvalue weighted by molar-refractivity contribution is 5.73. The van der Waals surface area contributed by atoms with Gasteiger partial charge in [0.1, 0.15) is 11.9 Å². The molecule has 1 aromatic heterocycles. The minimum absolute atomic E-state index is 0.0309. The van der Waals surface area contributed by atoms with Crippen molar-refractivity contribution in [3.63, 3.8) is 0 Å². The fourth-order valence-corrected chi connectivity index (χ4v) is 4.01. The van der Waals surface area contributed by atoms with Crippen LogP contribution in [-0.4, -0.2) is 49.1 Å². The second-order valence-corrected chi connectivity index (χ2v) is 8.15. The van der Waals surface area contributed by atoms with Crippen LogP contribution < -0.4 is 19.9 Å². The quantitative estimate of drug-likeness (QED) is 0.754. The van der Waals surface area contributed by atoms with E-state index < -0.39 is 24.8 Å². The van der Waals surface area contributed by atoms with Gasteiger partial charge in [0.2, 0.25) is 5.91 Å². The first-order chi connectivity index (χ1) is 14.7. The van der Waals surface area contributed by atoms with Crippen LogP contribution in [0.1, 0.15) is 31.9 Å². The van der Waals surface area contributed by atoms with Crippen molar-refractivity contribution in [2.75, 3.05) is 36.0 Å². The van der Waals surface area contributed by atoms with Crippen LogP contribution in [0.15, 0.2) is 36.5 Å². The number of rotatable bonds is 6. The van der Waals surface area contributed by atoms with Gasteiger partial charge in [-0.1, -0.05) is 12.1 Å².